The standard InChI is InChI=1S/C11H12N2O3/c1-16-9-4-2-8(3-5-9)6-13-7-10(14)12-11(13)15/h2-5,7,14H,6H2,1H3,(H,12,15). The molecule has 2 rings (SSSR count). The van der Waals surface area contributed by atoms with Crippen molar-refractivity contribution in [1.82, 2.24) is 9.55 Å². The van der Waals surface area contributed by atoms with Crippen LogP contribution in [0.1, 0.15) is 5.56 Å². The summed E-state index contributed by atoms with van der Waals surface area (Å²) >= 11 is 0. The van der Waals surface area contributed by atoms with Gasteiger partial charge in [0.1, 0.15) is 5.75 Å². The van der Waals surface area contributed by atoms with Gasteiger partial charge < -0.3 is 9.84 Å². The van der Waals surface area contributed by atoms with Crippen LogP contribution in [0.5, 0.6) is 11.6 Å². The molecule has 0 saturated heterocycles. The zero-order chi connectivity index (χ0) is 11.5. The number of rotatable bonds is 3. The maximum Gasteiger partial charge on any atom is 0.328 e. The van der Waals surface area contributed by atoms with Crippen LogP contribution in [0, 0.1) is 0 Å². The third-order valence-electron chi connectivity index (χ3n) is 2.29. The van der Waals surface area contributed by atoms with E-state index >= 15 is 0 Å². The van der Waals surface area contributed by atoms with E-state index in [0.717, 1.165) is 11.3 Å². The Balaban J connectivity index is 2.20. The average Bonchev–Trinajstić information content (AvgIpc) is 2.59. The molecule has 0 saturated carbocycles. The molecular weight excluding hydrogens is 208 g/mol. The van der Waals surface area contributed by atoms with Gasteiger partial charge in [0, 0.05) is 0 Å². The summed E-state index contributed by atoms with van der Waals surface area (Å²) in [5.41, 5.74) is 0.634. The largest absolute Gasteiger partial charge is 0.497 e. The van der Waals surface area contributed by atoms with Crippen molar-refractivity contribution in [3.63, 3.8) is 0 Å². The van der Waals surface area contributed by atoms with Gasteiger partial charge in [-0.25, -0.2) is 4.79 Å². The Kier molecular flexibility index (Phi) is 2.68. The molecular formula is C11H12N2O3. The maximum absolute atomic E-state index is 11.3. The summed E-state index contributed by atoms with van der Waals surface area (Å²) in [6, 6.07) is 7.39. The summed E-state index contributed by atoms with van der Waals surface area (Å²) < 4.78 is 6.43. The molecule has 5 nitrogen and oxygen atoms in total. The number of nitrogens with zero attached hydrogens (tertiary/aromatic N) is 1. The van der Waals surface area contributed by atoms with Gasteiger partial charge in [0.2, 0.25) is 5.88 Å². The van der Waals surface area contributed by atoms with Crippen LogP contribution in [0.15, 0.2) is 35.3 Å². The number of aromatic amines is 1. The van der Waals surface area contributed by atoms with Crippen molar-refractivity contribution in [2.75, 3.05) is 7.11 Å². The number of benzene rings is 1. The molecule has 5 heteroatoms. The van der Waals surface area contributed by atoms with Crippen molar-refractivity contribution in [1.29, 1.82) is 0 Å². The molecule has 0 bridgehead atoms. The minimum absolute atomic E-state index is 0.126. The lowest BCUT2D eigenvalue weighted by molar-refractivity contribution is 0.414. The minimum Gasteiger partial charge on any atom is -0.497 e. The van der Waals surface area contributed by atoms with E-state index in [2.05, 4.69) is 4.98 Å². The van der Waals surface area contributed by atoms with E-state index in [9.17, 15) is 4.79 Å². The first-order chi connectivity index (χ1) is 7.69. The molecule has 0 amide bonds. The average molecular weight is 220 g/mol. The summed E-state index contributed by atoms with van der Waals surface area (Å²) in [5.74, 6) is 0.645. The Bertz CT molecular complexity index is 525. The lowest BCUT2D eigenvalue weighted by Gasteiger charge is -2.03. The van der Waals surface area contributed by atoms with Gasteiger partial charge in [-0.3, -0.25) is 9.55 Å². The topological polar surface area (TPSA) is 67.2 Å². The second-order valence-corrected chi connectivity index (χ2v) is 3.42. The van der Waals surface area contributed by atoms with Crippen LogP contribution in [0.2, 0.25) is 0 Å². The zero-order valence-electron chi connectivity index (χ0n) is 8.80. The number of methoxy groups -OCH3 is 1. The van der Waals surface area contributed by atoms with Crippen LogP contribution in [0.3, 0.4) is 0 Å². The quantitative estimate of drug-likeness (QED) is 0.808. The highest BCUT2D eigenvalue weighted by atomic mass is 16.5. The van der Waals surface area contributed by atoms with Crippen LogP contribution < -0.4 is 10.4 Å². The van der Waals surface area contributed by atoms with Crippen LogP contribution in [-0.4, -0.2) is 21.8 Å². The van der Waals surface area contributed by atoms with Crippen molar-refractivity contribution in [3.8, 4) is 11.6 Å². The SMILES string of the molecule is COc1ccc(Cn2cc(O)[nH]c2=O)cc1. The van der Waals surface area contributed by atoms with Crippen LogP contribution in [0.25, 0.3) is 0 Å². The molecule has 2 N–H and O–H groups in total. The molecule has 0 unspecified atom stereocenters. The first kappa shape index (κ1) is 10.4. The minimum atomic E-state index is -0.326. The normalized spacial score (nSPS) is 10.3. The molecule has 0 aliphatic rings. The molecule has 16 heavy (non-hydrogen) atoms. The fourth-order valence-corrected chi connectivity index (χ4v) is 1.46. The smallest absolute Gasteiger partial charge is 0.328 e. The summed E-state index contributed by atoms with van der Waals surface area (Å²) in [4.78, 5) is 13.6. The fraction of sp³-hybridized carbons (Fsp3) is 0.182. The molecule has 0 aliphatic carbocycles. The molecule has 0 aliphatic heterocycles. The molecule has 0 atom stereocenters. The number of H-pyrrole nitrogens is 1. The van der Waals surface area contributed by atoms with Gasteiger partial charge >= 0.3 is 5.69 Å². The number of nitrogens with one attached hydrogen (secondary N) is 1. The molecule has 84 valence electrons. The van der Waals surface area contributed by atoms with Crippen LogP contribution >= 0.6 is 0 Å². The number of ether oxygens (including phenoxy) is 1. The van der Waals surface area contributed by atoms with Gasteiger partial charge in [0.05, 0.1) is 19.9 Å². The lowest BCUT2D eigenvalue weighted by atomic mass is 10.2. The second-order valence-electron chi connectivity index (χ2n) is 3.42. The third kappa shape index (κ3) is 2.08. The number of imidazole rings is 1. The molecule has 2 aromatic rings. The van der Waals surface area contributed by atoms with Gasteiger partial charge in [-0.1, -0.05) is 12.1 Å². The molecule has 1 heterocycles. The highest BCUT2D eigenvalue weighted by molar-refractivity contribution is 5.27. The van der Waals surface area contributed by atoms with Gasteiger partial charge in [-0.05, 0) is 17.7 Å². The van der Waals surface area contributed by atoms with Gasteiger partial charge in [-0.2, -0.15) is 0 Å². The van der Waals surface area contributed by atoms with Crippen molar-refractivity contribution in [2.45, 2.75) is 6.54 Å². The first-order valence-corrected chi connectivity index (χ1v) is 4.80. The summed E-state index contributed by atoms with van der Waals surface area (Å²) in [7, 11) is 1.60. The molecule has 1 aromatic heterocycles. The highest BCUT2D eigenvalue weighted by Crippen LogP contribution is 2.12. The van der Waals surface area contributed by atoms with Crippen molar-refractivity contribution in [2.24, 2.45) is 0 Å². The summed E-state index contributed by atoms with van der Waals surface area (Å²) in [6.07, 6.45) is 1.37. The van der Waals surface area contributed by atoms with E-state index in [4.69, 9.17) is 9.84 Å². The number of aromatic hydroxyl groups is 1. The fourth-order valence-electron chi connectivity index (χ4n) is 1.46. The predicted molar refractivity (Wildman–Crippen MR) is 58.8 cm³/mol. The van der Waals surface area contributed by atoms with Crippen molar-refractivity contribution >= 4 is 0 Å². The molecule has 0 fully saturated rings. The van der Waals surface area contributed by atoms with E-state index in [1.807, 2.05) is 24.3 Å². The highest BCUT2D eigenvalue weighted by Gasteiger charge is 2.02. The van der Waals surface area contributed by atoms with E-state index in [1.165, 1.54) is 10.8 Å². The number of hydrogen-bond acceptors (Lipinski definition) is 3. The first-order valence-electron chi connectivity index (χ1n) is 4.80. The molecule has 0 spiro atoms. The lowest BCUT2D eigenvalue weighted by Crippen LogP contribution is -2.16. The Morgan fingerprint density at radius 1 is 1.38 bits per heavy atom. The summed E-state index contributed by atoms with van der Waals surface area (Å²) in [6.45, 7) is 0.417. The number of aromatic nitrogens is 2. The third-order valence-corrected chi connectivity index (χ3v) is 2.29. The van der Waals surface area contributed by atoms with Crippen LogP contribution in [0.4, 0.5) is 0 Å². The summed E-state index contributed by atoms with van der Waals surface area (Å²) in [5, 5.41) is 9.10. The van der Waals surface area contributed by atoms with E-state index in [1.54, 1.807) is 7.11 Å². The van der Waals surface area contributed by atoms with Gasteiger partial charge in [0.15, 0.2) is 0 Å². The Morgan fingerprint density at radius 3 is 2.56 bits per heavy atom. The van der Waals surface area contributed by atoms with E-state index in [0.29, 0.717) is 6.54 Å². The van der Waals surface area contributed by atoms with Crippen LogP contribution in [-0.2, 0) is 6.54 Å². The van der Waals surface area contributed by atoms with E-state index < -0.39 is 0 Å². The zero-order valence-corrected chi connectivity index (χ0v) is 8.80. The molecule has 0 radical (unpaired) electrons. The molecule has 1 aromatic carbocycles. The van der Waals surface area contributed by atoms with Crippen molar-refractivity contribution < 1.29 is 9.84 Å². The Hall–Kier alpha value is -2.17. The van der Waals surface area contributed by atoms with Gasteiger partial charge in [-0.15, -0.1) is 0 Å². The van der Waals surface area contributed by atoms with Crippen molar-refractivity contribution in [3.05, 3.63) is 46.5 Å². The maximum atomic E-state index is 11.3. The Labute approximate surface area is 91.9 Å². The predicted octanol–water partition coefficient (Wildman–Crippen LogP) is 0.939. The second kappa shape index (κ2) is 4.14. The Morgan fingerprint density at radius 2 is 2.06 bits per heavy atom. The number of hydrogen-bond donors (Lipinski definition) is 2. The van der Waals surface area contributed by atoms with Gasteiger partial charge in [0.25, 0.3) is 0 Å². The monoisotopic (exact) mass is 220 g/mol. The van der Waals surface area contributed by atoms with E-state index in [-0.39, 0.29) is 11.6 Å².